The Morgan fingerprint density at radius 2 is 1.56 bits per heavy atom. The fourth-order valence-electron chi connectivity index (χ4n) is 8.49. The number of nitrogens with zero attached hydrogens (tertiary/aromatic N) is 2. The van der Waals surface area contributed by atoms with Gasteiger partial charge in [0.15, 0.2) is 0 Å². The van der Waals surface area contributed by atoms with Crippen molar-refractivity contribution in [3.63, 3.8) is 0 Å². The van der Waals surface area contributed by atoms with Crippen molar-refractivity contribution in [1.29, 1.82) is 0 Å². The van der Waals surface area contributed by atoms with Gasteiger partial charge in [-0.3, -0.25) is 33.7 Å². The Balaban J connectivity index is 1.34. The maximum Gasteiger partial charge on any atom is 0.315 e. The summed E-state index contributed by atoms with van der Waals surface area (Å²) in [7, 11) is 0. The second kappa shape index (κ2) is 13.4. The highest BCUT2D eigenvalue weighted by atomic mass is 16.2. The predicted octanol–water partition coefficient (Wildman–Crippen LogP) is 3.30. The SMILES string of the molecule is CCC[C@H]1CC1(NC(=O)[C@@H]1C2C(CN1C(=O)[C@@H](NC(=O)N[C@H](CN1C(=O)CCC(C)(C)C1=O)C(C)(C)C)C(C)(C)C)C2(C)C)C(=O)C(=O)NC1CC1. The third-order valence-electron chi connectivity index (χ3n) is 12.6. The van der Waals surface area contributed by atoms with Gasteiger partial charge in [-0.15, -0.1) is 0 Å². The monoisotopic (exact) mass is 726 g/mol. The number of ketones is 1. The number of carbonyl (C=O) groups excluding carboxylic acids is 7. The molecule has 2 heterocycles. The minimum absolute atomic E-state index is 0.00284. The predicted molar refractivity (Wildman–Crippen MR) is 194 cm³/mol. The van der Waals surface area contributed by atoms with E-state index in [0.717, 1.165) is 19.3 Å². The average molecular weight is 727 g/mol. The van der Waals surface area contributed by atoms with Crippen LogP contribution >= 0.6 is 0 Å². The summed E-state index contributed by atoms with van der Waals surface area (Å²) < 4.78 is 0. The number of likely N-dealkylation sites (tertiary alicyclic amines) is 2. The molecule has 2 aliphatic heterocycles. The van der Waals surface area contributed by atoms with Gasteiger partial charge in [-0.05, 0) is 66.1 Å². The van der Waals surface area contributed by atoms with E-state index >= 15 is 0 Å². The second-order valence-corrected chi connectivity index (χ2v) is 19.6. The van der Waals surface area contributed by atoms with Gasteiger partial charge in [0.1, 0.15) is 17.6 Å². The summed E-state index contributed by atoms with van der Waals surface area (Å²) in [6.07, 6.45) is 4.25. The maximum atomic E-state index is 14.6. The van der Waals surface area contributed by atoms with Crippen LogP contribution in [0.5, 0.6) is 0 Å². The molecule has 52 heavy (non-hydrogen) atoms. The molecule has 3 saturated carbocycles. The lowest BCUT2D eigenvalue weighted by molar-refractivity contribution is -0.157. The number of urea groups is 1. The first-order valence-electron chi connectivity index (χ1n) is 19.3. The van der Waals surface area contributed by atoms with Crippen LogP contribution in [0.25, 0.3) is 0 Å². The van der Waals surface area contributed by atoms with E-state index in [-0.39, 0.29) is 54.0 Å². The van der Waals surface area contributed by atoms with Crippen molar-refractivity contribution in [2.75, 3.05) is 13.1 Å². The molecule has 4 N–H and O–H groups in total. The first-order chi connectivity index (χ1) is 23.9. The van der Waals surface area contributed by atoms with Crippen LogP contribution in [0.15, 0.2) is 0 Å². The Morgan fingerprint density at radius 1 is 0.923 bits per heavy atom. The highest BCUT2D eigenvalue weighted by molar-refractivity contribution is 6.41. The molecule has 0 aromatic rings. The van der Waals surface area contributed by atoms with E-state index in [9.17, 15) is 33.6 Å². The van der Waals surface area contributed by atoms with Crippen molar-refractivity contribution in [3.8, 4) is 0 Å². The van der Waals surface area contributed by atoms with Crippen LogP contribution in [0, 0.1) is 39.4 Å². The fourth-order valence-corrected chi connectivity index (χ4v) is 8.49. The van der Waals surface area contributed by atoms with Crippen LogP contribution in [-0.4, -0.2) is 93.9 Å². The summed E-state index contributed by atoms with van der Waals surface area (Å²) in [4.78, 5) is 98.1. The molecular formula is C39H62N6O7. The quantitative estimate of drug-likeness (QED) is 0.176. The van der Waals surface area contributed by atoms with Gasteiger partial charge in [-0.2, -0.15) is 0 Å². The standard InChI is InChI=1S/C39H62N6O7/c1-12-13-21-18-39(21,29(47)31(49)40-22-14-15-22)43-30(48)27-26-23(38(26,10)11)19-45(27)32(50)28(36(5,6)7)42-34(52)41-24(35(2,3)4)20-44-25(46)16-17-37(8,9)33(44)51/h21-24,26-28H,12-20H2,1-11H3,(H,40,49)(H,43,48)(H2,41,42,52)/t21-,23?,24+,26?,27-,28+,39?/m0/s1. The van der Waals surface area contributed by atoms with Crippen molar-refractivity contribution in [3.05, 3.63) is 0 Å². The molecule has 0 aromatic heterocycles. The Labute approximate surface area is 308 Å². The smallest absolute Gasteiger partial charge is 0.315 e. The molecule has 0 aromatic carbocycles. The minimum atomic E-state index is -1.28. The highest BCUT2D eigenvalue weighted by Crippen LogP contribution is 2.65. The molecule has 3 unspecified atom stereocenters. The van der Waals surface area contributed by atoms with Crippen LogP contribution in [0.4, 0.5) is 4.79 Å². The zero-order valence-electron chi connectivity index (χ0n) is 33.2. The normalized spacial score (nSPS) is 30.1. The van der Waals surface area contributed by atoms with Crippen LogP contribution in [0.3, 0.4) is 0 Å². The van der Waals surface area contributed by atoms with Crippen molar-refractivity contribution in [2.24, 2.45) is 39.4 Å². The van der Waals surface area contributed by atoms with Gasteiger partial charge in [-0.25, -0.2) is 4.79 Å². The zero-order valence-corrected chi connectivity index (χ0v) is 33.2. The molecule has 13 heteroatoms. The minimum Gasteiger partial charge on any atom is -0.347 e. The first kappa shape index (κ1) is 39.7. The Kier molecular flexibility index (Phi) is 10.2. The molecule has 5 aliphatic rings. The molecule has 0 radical (unpaired) electrons. The molecule has 3 aliphatic carbocycles. The molecule has 13 nitrogen and oxygen atoms in total. The number of hydrogen-bond acceptors (Lipinski definition) is 7. The number of hydrogen-bond donors (Lipinski definition) is 4. The van der Waals surface area contributed by atoms with E-state index in [1.165, 1.54) is 4.90 Å². The van der Waals surface area contributed by atoms with Crippen LogP contribution < -0.4 is 21.3 Å². The first-order valence-corrected chi connectivity index (χ1v) is 19.3. The zero-order chi connectivity index (χ0) is 38.9. The van der Waals surface area contributed by atoms with Gasteiger partial charge >= 0.3 is 6.03 Å². The van der Waals surface area contributed by atoms with E-state index in [1.54, 1.807) is 4.90 Å². The fraction of sp³-hybridized carbons (Fsp3) is 0.821. The topological polar surface area (TPSA) is 174 Å². The van der Waals surface area contributed by atoms with Crippen LogP contribution in [0.1, 0.15) is 121 Å². The van der Waals surface area contributed by atoms with Gasteiger partial charge < -0.3 is 26.2 Å². The molecule has 0 spiro atoms. The van der Waals surface area contributed by atoms with E-state index in [1.807, 2.05) is 62.3 Å². The third-order valence-corrected chi connectivity index (χ3v) is 12.6. The van der Waals surface area contributed by atoms with Gasteiger partial charge in [0, 0.05) is 31.0 Å². The number of rotatable bonds is 12. The average Bonchev–Trinajstić information content (AvgIpc) is 3.98. The maximum absolute atomic E-state index is 14.6. The van der Waals surface area contributed by atoms with Gasteiger partial charge in [0.05, 0.1) is 6.04 Å². The third kappa shape index (κ3) is 7.60. The van der Waals surface area contributed by atoms with E-state index < -0.39 is 69.4 Å². The summed E-state index contributed by atoms with van der Waals surface area (Å²) in [5.74, 6) is -2.93. The Bertz CT molecular complexity index is 1520. The summed E-state index contributed by atoms with van der Waals surface area (Å²) in [6.45, 7) is 21.3. The van der Waals surface area contributed by atoms with Crippen molar-refractivity contribution < 1.29 is 33.6 Å². The van der Waals surface area contributed by atoms with Gasteiger partial charge in [-0.1, -0.05) is 82.6 Å². The molecule has 5 rings (SSSR count). The van der Waals surface area contributed by atoms with Gasteiger partial charge in [0.25, 0.3) is 5.91 Å². The van der Waals surface area contributed by atoms with E-state index in [2.05, 4.69) is 35.1 Å². The lowest BCUT2D eigenvalue weighted by atomic mass is 9.81. The lowest BCUT2D eigenvalue weighted by Crippen LogP contribution is -2.63. The second-order valence-electron chi connectivity index (χ2n) is 19.6. The number of carbonyl (C=O) groups is 7. The molecule has 7 amide bonds. The van der Waals surface area contributed by atoms with E-state index in [0.29, 0.717) is 25.8 Å². The highest BCUT2D eigenvalue weighted by Gasteiger charge is 2.71. The summed E-state index contributed by atoms with van der Waals surface area (Å²) in [6, 6.07) is -3.15. The number of fused-ring (bicyclic) bond motifs is 1. The summed E-state index contributed by atoms with van der Waals surface area (Å²) in [5, 5.41) is 11.6. The summed E-state index contributed by atoms with van der Waals surface area (Å²) >= 11 is 0. The lowest BCUT2D eigenvalue weighted by Gasteiger charge is -2.41. The largest absolute Gasteiger partial charge is 0.347 e. The van der Waals surface area contributed by atoms with E-state index in [4.69, 9.17) is 0 Å². The number of Topliss-reactive ketones (excluding diaryl/α,β-unsaturated/α-hetero) is 1. The number of piperidine rings is 2. The molecule has 7 atom stereocenters. The van der Waals surface area contributed by atoms with Gasteiger partial charge in [0.2, 0.25) is 29.4 Å². The van der Waals surface area contributed by atoms with Crippen molar-refractivity contribution in [2.45, 2.75) is 151 Å². The van der Waals surface area contributed by atoms with Crippen LogP contribution in [-0.2, 0) is 28.8 Å². The van der Waals surface area contributed by atoms with Crippen LogP contribution in [0.2, 0.25) is 0 Å². The van der Waals surface area contributed by atoms with Crippen molar-refractivity contribution >= 4 is 41.4 Å². The number of amides is 7. The molecule has 2 saturated heterocycles. The molecule has 5 fully saturated rings. The number of imide groups is 1. The summed E-state index contributed by atoms with van der Waals surface area (Å²) in [5.41, 5.74) is -3.49. The Hall–Kier alpha value is -3.51. The van der Waals surface area contributed by atoms with Crippen molar-refractivity contribution in [1.82, 2.24) is 31.1 Å². The molecular weight excluding hydrogens is 664 g/mol. The molecule has 0 bridgehead atoms. The Morgan fingerprint density at radius 3 is 2.12 bits per heavy atom. The number of nitrogens with one attached hydrogen (secondary N) is 4. The molecule has 290 valence electrons.